The minimum atomic E-state index is -5.41. The van der Waals surface area contributed by atoms with Crippen molar-refractivity contribution in [1.29, 1.82) is 0 Å². The Morgan fingerprint density at radius 1 is 1.00 bits per heavy atom. The molecule has 10 heteroatoms. The molecule has 0 unspecified atom stereocenters. The number of halogens is 5. The van der Waals surface area contributed by atoms with Crippen molar-refractivity contribution < 1.29 is 27.3 Å². The number of anilines is 2. The summed E-state index contributed by atoms with van der Waals surface area (Å²) in [5, 5.41) is 1.41. The standard InChI is InChI=1S/C22H12ClF4N3O2/c23-20-18(24)17(19(32)22(25,26)27)16-14(31)11-15(28-12-7-3-1-4-8-12)30(21(16)29-20)13-9-5-2-6-10-13/h1-11,28H/p+1. The average molecular weight is 463 g/mol. The summed E-state index contributed by atoms with van der Waals surface area (Å²) in [6.45, 7) is 0. The fraction of sp³-hybridized carbons (Fsp3) is 0.0455. The van der Waals surface area contributed by atoms with Crippen molar-refractivity contribution in [3.8, 4) is 5.69 Å². The maximum absolute atomic E-state index is 14.6. The smallest absolute Gasteiger partial charge is 0.322 e. The van der Waals surface area contributed by atoms with E-state index in [-0.39, 0.29) is 11.5 Å². The van der Waals surface area contributed by atoms with Crippen LogP contribution in [0.1, 0.15) is 10.4 Å². The van der Waals surface area contributed by atoms with Crippen molar-refractivity contribution in [3.63, 3.8) is 0 Å². The second-order valence-electron chi connectivity index (χ2n) is 6.73. The van der Waals surface area contributed by atoms with Crippen molar-refractivity contribution in [2.75, 3.05) is 5.32 Å². The lowest BCUT2D eigenvalue weighted by atomic mass is 10.1. The zero-order valence-electron chi connectivity index (χ0n) is 16.0. The number of H-pyrrole nitrogens is 1. The van der Waals surface area contributed by atoms with Crippen LogP contribution in [0.5, 0.6) is 0 Å². The minimum Gasteiger partial charge on any atom is -0.322 e. The summed E-state index contributed by atoms with van der Waals surface area (Å²) >= 11 is 5.83. The van der Waals surface area contributed by atoms with Gasteiger partial charge in [-0.25, -0.2) is 9.37 Å². The maximum atomic E-state index is 14.6. The molecule has 0 aliphatic carbocycles. The van der Waals surface area contributed by atoms with Crippen molar-refractivity contribution in [2.24, 2.45) is 0 Å². The van der Waals surface area contributed by atoms with Gasteiger partial charge < -0.3 is 5.32 Å². The molecule has 2 aromatic carbocycles. The van der Waals surface area contributed by atoms with Gasteiger partial charge in [-0.1, -0.05) is 36.4 Å². The number of ketones is 1. The van der Waals surface area contributed by atoms with E-state index in [1.54, 1.807) is 60.7 Å². The first-order chi connectivity index (χ1) is 15.2. The lowest BCUT2D eigenvalue weighted by Crippen LogP contribution is -2.30. The van der Waals surface area contributed by atoms with Gasteiger partial charge in [-0.3, -0.25) is 9.59 Å². The Kier molecular flexibility index (Phi) is 5.43. The number of nitrogens with one attached hydrogen (secondary N) is 2. The average Bonchev–Trinajstić information content (AvgIpc) is 2.75. The number of nitrogens with zero attached hydrogens (tertiary/aromatic N) is 1. The molecule has 162 valence electrons. The number of benzene rings is 2. The Balaban J connectivity index is 2.13. The summed E-state index contributed by atoms with van der Waals surface area (Å²) in [7, 11) is 0. The zero-order valence-corrected chi connectivity index (χ0v) is 16.8. The van der Waals surface area contributed by atoms with Crippen LogP contribution in [0.3, 0.4) is 0 Å². The molecule has 2 heterocycles. The van der Waals surface area contributed by atoms with Crippen LogP contribution in [0.2, 0.25) is 5.15 Å². The number of aromatic nitrogens is 2. The highest BCUT2D eigenvalue weighted by Crippen LogP contribution is 2.31. The maximum Gasteiger partial charge on any atom is 0.455 e. The van der Waals surface area contributed by atoms with E-state index in [4.69, 9.17) is 11.6 Å². The second-order valence-corrected chi connectivity index (χ2v) is 7.11. The minimum absolute atomic E-state index is 0.157. The van der Waals surface area contributed by atoms with Crippen LogP contribution in [-0.4, -0.2) is 16.5 Å². The number of pyridine rings is 2. The normalized spacial score (nSPS) is 11.5. The molecule has 0 aliphatic rings. The van der Waals surface area contributed by atoms with Gasteiger partial charge in [0.15, 0.2) is 5.82 Å². The molecule has 4 rings (SSSR count). The number of rotatable bonds is 4. The van der Waals surface area contributed by atoms with E-state index in [0.717, 1.165) is 6.07 Å². The Morgan fingerprint density at radius 2 is 1.59 bits per heavy atom. The first kappa shape index (κ1) is 21.5. The van der Waals surface area contributed by atoms with Gasteiger partial charge in [0.2, 0.25) is 16.4 Å². The number of aromatic amines is 1. The van der Waals surface area contributed by atoms with Gasteiger partial charge in [0.25, 0.3) is 11.4 Å². The molecular weight excluding hydrogens is 450 g/mol. The van der Waals surface area contributed by atoms with E-state index < -0.39 is 39.3 Å². The van der Waals surface area contributed by atoms with E-state index in [9.17, 15) is 27.2 Å². The highest BCUT2D eigenvalue weighted by atomic mass is 35.5. The van der Waals surface area contributed by atoms with Gasteiger partial charge in [-0.05, 0) is 35.9 Å². The number of hydrogen-bond donors (Lipinski definition) is 1. The van der Waals surface area contributed by atoms with Crippen LogP contribution in [-0.2, 0) is 0 Å². The third-order valence-corrected chi connectivity index (χ3v) is 4.91. The molecule has 0 bridgehead atoms. The summed E-state index contributed by atoms with van der Waals surface area (Å²) in [4.78, 5) is 27.3. The van der Waals surface area contributed by atoms with Crippen molar-refractivity contribution in [2.45, 2.75) is 6.18 Å². The molecule has 0 atom stereocenters. The number of carbonyl (C=O) groups is 1. The van der Waals surface area contributed by atoms with Crippen LogP contribution in [0, 0.1) is 5.82 Å². The Labute approximate surface area is 182 Å². The van der Waals surface area contributed by atoms with Gasteiger partial charge in [-0.15, -0.1) is 0 Å². The molecule has 0 saturated carbocycles. The Bertz CT molecular complexity index is 1390. The van der Waals surface area contributed by atoms with Gasteiger partial charge in [0, 0.05) is 5.69 Å². The molecule has 2 aromatic heterocycles. The van der Waals surface area contributed by atoms with E-state index >= 15 is 0 Å². The molecule has 0 aliphatic heterocycles. The number of para-hydroxylation sites is 2. The Hall–Kier alpha value is -3.72. The first-order valence-electron chi connectivity index (χ1n) is 9.17. The molecular formula is C22H13ClF4N3O2+. The van der Waals surface area contributed by atoms with Crippen LogP contribution in [0.4, 0.5) is 29.1 Å². The lowest BCUT2D eigenvalue weighted by molar-refractivity contribution is -0.349. The van der Waals surface area contributed by atoms with Gasteiger partial charge in [0.05, 0.1) is 11.6 Å². The van der Waals surface area contributed by atoms with Crippen molar-refractivity contribution in [3.05, 3.63) is 93.5 Å². The van der Waals surface area contributed by atoms with Crippen LogP contribution < -0.4 is 15.7 Å². The summed E-state index contributed by atoms with van der Waals surface area (Å²) in [6, 6.07) is 18.0. The van der Waals surface area contributed by atoms with E-state index in [2.05, 4.69) is 10.3 Å². The van der Waals surface area contributed by atoms with Gasteiger partial charge in [-0.2, -0.15) is 17.7 Å². The van der Waals surface area contributed by atoms with Gasteiger partial charge in [0.1, 0.15) is 11.1 Å². The van der Waals surface area contributed by atoms with Crippen LogP contribution >= 0.6 is 11.6 Å². The third-order valence-electron chi connectivity index (χ3n) is 4.65. The fourth-order valence-electron chi connectivity index (χ4n) is 3.31. The summed E-state index contributed by atoms with van der Waals surface area (Å²) in [6.07, 6.45) is -5.41. The van der Waals surface area contributed by atoms with Crippen molar-refractivity contribution in [1.82, 2.24) is 4.57 Å². The fourth-order valence-corrected chi connectivity index (χ4v) is 3.49. The molecule has 32 heavy (non-hydrogen) atoms. The number of carbonyl (C=O) groups excluding carboxylic acids is 1. The summed E-state index contributed by atoms with van der Waals surface area (Å²) in [5.74, 6) is -4.00. The predicted octanol–water partition coefficient (Wildman–Crippen LogP) is 5.09. The third kappa shape index (κ3) is 3.82. The predicted molar refractivity (Wildman–Crippen MR) is 111 cm³/mol. The van der Waals surface area contributed by atoms with E-state index in [0.29, 0.717) is 11.4 Å². The molecule has 2 N–H and O–H groups in total. The zero-order chi connectivity index (χ0) is 23.0. The molecule has 4 aromatic rings. The summed E-state index contributed by atoms with van der Waals surface area (Å²) in [5.41, 5.74) is -1.71. The molecule has 0 amide bonds. The largest absolute Gasteiger partial charge is 0.455 e. The second kappa shape index (κ2) is 8.08. The monoisotopic (exact) mass is 462 g/mol. The number of alkyl halides is 3. The molecule has 0 spiro atoms. The van der Waals surface area contributed by atoms with Crippen LogP contribution in [0.25, 0.3) is 16.7 Å². The SMILES string of the molecule is O=C(c1c(F)c(Cl)[nH+]c2c1c(=O)cc(Nc1ccccc1)n2-c1ccccc1)C(F)(F)F. The Morgan fingerprint density at radius 3 is 2.19 bits per heavy atom. The highest BCUT2D eigenvalue weighted by Gasteiger charge is 2.44. The lowest BCUT2D eigenvalue weighted by Gasteiger charge is -2.14. The van der Waals surface area contributed by atoms with Crippen LogP contribution in [0.15, 0.2) is 71.5 Å². The highest BCUT2D eigenvalue weighted by molar-refractivity contribution is 6.29. The number of fused-ring (bicyclic) bond motifs is 1. The topological polar surface area (TPSA) is 65.2 Å². The van der Waals surface area contributed by atoms with E-state index in [1.165, 1.54) is 4.57 Å². The summed E-state index contributed by atoms with van der Waals surface area (Å²) < 4.78 is 55.6. The molecule has 0 fully saturated rings. The quantitative estimate of drug-likeness (QED) is 0.261. The first-order valence-corrected chi connectivity index (χ1v) is 9.55. The van der Waals surface area contributed by atoms with Gasteiger partial charge >= 0.3 is 6.18 Å². The molecule has 0 saturated heterocycles. The number of hydrogen-bond acceptors (Lipinski definition) is 3. The number of Topliss-reactive ketones (excluding diaryl/α,β-unsaturated/α-hetero) is 1. The van der Waals surface area contributed by atoms with Crippen molar-refractivity contribution >= 4 is 39.9 Å². The molecule has 0 radical (unpaired) electrons. The molecule has 5 nitrogen and oxygen atoms in total. The van der Waals surface area contributed by atoms with E-state index in [1.807, 2.05) is 0 Å².